The standard InChI is InChI=1S/C35H36BrN3O3/c1-3-24(2)37-34(41)31(22-25-11-5-4-6-12-25)39(23-26-13-7-16-28(36)21-26)32(40)19-10-20-38-30-18-9-15-27-14-8-17-29(33(27)30)35(38)42/h4-9,11-18,21,24,31H,3,10,19-20,22-23H2,1-2H3,(H,37,41). The maximum absolute atomic E-state index is 14.0. The maximum atomic E-state index is 14.0. The number of amides is 3. The molecule has 0 radical (unpaired) electrons. The zero-order valence-corrected chi connectivity index (χ0v) is 25.6. The Morgan fingerprint density at radius 2 is 1.64 bits per heavy atom. The highest BCUT2D eigenvalue weighted by atomic mass is 79.9. The average Bonchev–Trinajstić information content (AvgIpc) is 3.27. The Bertz CT molecular complexity index is 1580. The Morgan fingerprint density at radius 3 is 2.38 bits per heavy atom. The van der Waals surface area contributed by atoms with Gasteiger partial charge < -0.3 is 15.1 Å². The first-order valence-electron chi connectivity index (χ1n) is 14.6. The number of benzene rings is 4. The van der Waals surface area contributed by atoms with Crippen LogP contribution >= 0.6 is 15.9 Å². The lowest BCUT2D eigenvalue weighted by atomic mass is 10.0. The van der Waals surface area contributed by atoms with Gasteiger partial charge in [-0.15, -0.1) is 0 Å². The summed E-state index contributed by atoms with van der Waals surface area (Å²) in [5.41, 5.74) is 3.52. The fraction of sp³-hybridized carbons (Fsp3) is 0.286. The van der Waals surface area contributed by atoms with Crippen molar-refractivity contribution in [2.45, 2.75) is 58.2 Å². The van der Waals surface area contributed by atoms with Crippen molar-refractivity contribution in [2.24, 2.45) is 0 Å². The number of nitrogens with zero attached hydrogens (tertiary/aromatic N) is 2. The van der Waals surface area contributed by atoms with E-state index in [1.165, 1.54) is 0 Å². The van der Waals surface area contributed by atoms with Gasteiger partial charge in [0.15, 0.2) is 0 Å². The normalized spacial score (nSPS) is 13.7. The predicted octanol–water partition coefficient (Wildman–Crippen LogP) is 6.90. The van der Waals surface area contributed by atoms with E-state index in [9.17, 15) is 14.4 Å². The lowest BCUT2D eigenvalue weighted by Gasteiger charge is -2.32. The van der Waals surface area contributed by atoms with Gasteiger partial charge in [-0.25, -0.2) is 0 Å². The van der Waals surface area contributed by atoms with Crippen molar-refractivity contribution < 1.29 is 14.4 Å². The number of carbonyl (C=O) groups excluding carboxylic acids is 3. The summed E-state index contributed by atoms with van der Waals surface area (Å²) in [5.74, 6) is -0.305. The van der Waals surface area contributed by atoms with Gasteiger partial charge in [0.2, 0.25) is 11.8 Å². The fourth-order valence-electron chi connectivity index (χ4n) is 5.56. The van der Waals surface area contributed by atoms with E-state index in [1.54, 1.807) is 9.80 Å². The number of nitrogens with one attached hydrogen (secondary N) is 1. The fourth-order valence-corrected chi connectivity index (χ4v) is 6.01. The molecule has 2 unspecified atom stereocenters. The van der Waals surface area contributed by atoms with Gasteiger partial charge in [0.25, 0.3) is 5.91 Å². The Morgan fingerprint density at radius 1 is 0.929 bits per heavy atom. The van der Waals surface area contributed by atoms with Crippen LogP contribution in [0.5, 0.6) is 0 Å². The van der Waals surface area contributed by atoms with Crippen LogP contribution in [0.2, 0.25) is 0 Å². The van der Waals surface area contributed by atoms with Crippen LogP contribution in [0.15, 0.2) is 95.5 Å². The number of anilines is 1. The van der Waals surface area contributed by atoms with Crippen molar-refractivity contribution in [3.05, 3.63) is 112 Å². The summed E-state index contributed by atoms with van der Waals surface area (Å²) < 4.78 is 0.914. The van der Waals surface area contributed by atoms with Crippen molar-refractivity contribution in [1.29, 1.82) is 0 Å². The minimum Gasteiger partial charge on any atom is -0.352 e. The third-order valence-corrected chi connectivity index (χ3v) is 8.43. The monoisotopic (exact) mass is 625 g/mol. The molecule has 0 aromatic heterocycles. The average molecular weight is 627 g/mol. The summed E-state index contributed by atoms with van der Waals surface area (Å²) >= 11 is 3.54. The van der Waals surface area contributed by atoms with Crippen LogP contribution in [0.4, 0.5) is 5.69 Å². The summed E-state index contributed by atoms with van der Waals surface area (Å²) in [6.45, 7) is 4.73. The van der Waals surface area contributed by atoms with Gasteiger partial charge in [0, 0.05) is 47.4 Å². The van der Waals surface area contributed by atoms with E-state index in [0.29, 0.717) is 31.5 Å². The van der Waals surface area contributed by atoms with Gasteiger partial charge in [-0.2, -0.15) is 0 Å². The first-order valence-corrected chi connectivity index (χ1v) is 15.4. The smallest absolute Gasteiger partial charge is 0.258 e. The van der Waals surface area contributed by atoms with Crippen LogP contribution in [0.3, 0.4) is 0 Å². The highest BCUT2D eigenvalue weighted by Crippen LogP contribution is 2.37. The lowest BCUT2D eigenvalue weighted by molar-refractivity contribution is -0.141. The number of carbonyl (C=O) groups is 3. The molecule has 0 bridgehead atoms. The van der Waals surface area contributed by atoms with E-state index < -0.39 is 6.04 Å². The van der Waals surface area contributed by atoms with Crippen molar-refractivity contribution in [1.82, 2.24) is 10.2 Å². The highest BCUT2D eigenvalue weighted by molar-refractivity contribution is 9.10. The van der Waals surface area contributed by atoms with E-state index in [-0.39, 0.29) is 30.2 Å². The molecule has 0 aliphatic carbocycles. The quantitative estimate of drug-likeness (QED) is 0.186. The number of hydrogen-bond acceptors (Lipinski definition) is 3. The second-order valence-corrected chi connectivity index (χ2v) is 11.8. The summed E-state index contributed by atoms with van der Waals surface area (Å²) in [6, 6.07) is 28.7. The van der Waals surface area contributed by atoms with E-state index in [2.05, 4.69) is 21.2 Å². The maximum Gasteiger partial charge on any atom is 0.258 e. The SMILES string of the molecule is CCC(C)NC(=O)C(Cc1ccccc1)N(Cc1cccc(Br)c1)C(=O)CCCN1C(=O)c2cccc3cccc1c23. The van der Waals surface area contributed by atoms with Crippen LogP contribution in [0, 0.1) is 0 Å². The van der Waals surface area contributed by atoms with E-state index in [1.807, 2.05) is 105 Å². The van der Waals surface area contributed by atoms with Gasteiger partial charge in [-0.05, 0) is 60.5 Å². The molecule has 1 aliphatic heterocycles. The highest BCUT2D eigenvalue weighted by Gasteiger charge is 2.32. The Hall–Kier alpha value is -3.97. The summed E-state index contributed by atoms with van der Waals surface area (Å²) in [7, 11) is 0. The molecule has 0 spiro atoms. The van der Waals surface area contributed by atoms with E-state index >= 15 is 0 Å². The van der Waals surface area contributed by atoms with Crippen molar-refractivity contribution in [3.8, 4) is 0 Å². The second kappa shape index (κ2) is 13.3. The van der Waals surface area contributed by atoms with Crippen LogP contribution in [0.1, 0.15) is 54.6 Å². The number of halogens is 1. The lowest BCUT2D eigenvalue weighted by Crippen LogP contribution is -2.52. The minimum atomic E-state index is -0.681. The summed E-state index contributed by atoms with van der Waals surface area (Å²) in [4.78, 5) is 44.5. The molecule has 0 saturated carbocycles. The van der Waals surface area contributed by atoms with Gasteiger partial charge in [0.05, 0.1) is 5.69 Å². The molecule has 1 heterocycles. The van der Waals surface area contributed by atoms with Crippen LogP contribution in [-0.2, 0) is 22.6 Å². The van der Waals surface area contributed by atoms with Gasteiger partial charge in [-0.3, -0.25) is 14.4 Å². The topological polar surface area (TPSA) is 69.7 Å². The summed E-state index contributed by atoms with van der Waals surface area (Å²) in [6.07, 6.45) is 1.90. The molecule has 4 aromatic rings. The predicted molar refractivity (Wildman–Crippen MR) is 171 cm³/mol. The second-order valence-electron chi connectivity index (χ2n) is 10.9. The largest absolute Gasteiger partial charge is 0.352 e. The van der Waals surface area contributed by atoms with E-state index in [0.717, 1.165) is 38.5 Å². The third-order valence-electron chi connectivity index (χ3n) is 7.94. The van der Waals surface area contributed by atoms with Crippen molar-refractivity contribution in [2.75, 3.05) is 11.4 Å². The minimum absolute atomic E-state index is 0.0101. The Balaban J connectivity index is 1.38. The van der Waals surface area contributed by atoms with E-state index in [4.69, 9.17) is 0 Å². The molecule has 6 nitrogen and oxygen atoms in total. The first-order chi connectivity index (χ1) is 20.4. The molecule has 1 aliphatic rings. The molecular weight excluding hydrogens is 590 g/mol. The van der Waals surface area contributed by atoms with Gasteiger partial charge in [0.1, 0.15) is 6.04 Å². The van der Waals surface area contributed by atoms with Gasteiger partial charge >= 0.3 is 0 Å². The molecule has 3 amide bonds. The molecule has 5 rings (SSSR count). The number of rotatable bonds is 12. The summed E-state index contributed by atoms with van der Waals surface area (Å²) in [5, 5.41) is 5.12. The molecule has 216 valence electrons. The molecule has 42 heavy (non-hydrogen) atoms. The zero-order valence-electron chi connectivity index (χ0n) is 24.1. The van der Waals surface area contributed by atoms with Crippen LogP contribution in [-0.4, -0.2) is 41.2 Å². The zero-order chi connectivity index (χ0) is 29.6. The van der Waals surface area contributed by atoms with Gasteiger partial charge in [-0.1, -0.05) is 89.6 Å². The first kappa shape index (κ1) is 29.5. The number of hydrogen-bond donors (Lipinski definition) is 1. The molecule has 4 aromatic carbocycles. The third kappa shape index (κ3) is 6.57. The molecule has 0 saturated heterocycles. The van der Waals surface area contributed by atoms with Crippen molar-refractivity contribution in [3.63, 3.8) is 0 Å². The van der Waals surface area contributed by atoms with Crippen LogP contribution in [0.25, 0.3) is 10.8 Å². The Kier molecular flexibility index (Phi) is 9.38. The molecular formula is C35H36BrN3O3. The molecule has 7 heteroatoms. The molecule has 2 atom stereocenters. The van der Waals surface area contributed by atoms with Crippen LogP contribution < -0.4 is 10.2 Å². The molecule has 0 fully saturated rings. The van der Waals surface area contributed by atoms with Crippen molar-refractivity contribution >= 4 is 50.1 Å². The Labute approximate surface area is 255 Å². The molecule has 1 N–H and O–H groups in total.